The van der Waals surface area contributed by atoms with Crippen LogP contribution >= 0.6 is 0 Å². The monoisotopic (exact) mass is 350 g/mol. The van der Waals surface area contributed by atoms with Gasteiger partial charge in [0.15, 0.2) is 0 Å². The van der Waals surface area contributed by atoms with Gasteiger partial charge in [0.25, 0.3) is 0 Å². The molecule has 0 aromatic rings. The number of carbonyl (C=O) groups is 1. The molecular weight excluding hydrogens is 316 g/mol. The third kappa shape index (κ3) is 3.74. The van der Waals surface area contributed by atoms with E-state index in [4.69, 9.17) is 4.74 Å². The molecule has 1 amide bonds. The van der Waals surface area contributed by atoms with E-state index in [1.165, 1.54) is 19.3 Å². The maximum absolute atomic E-state index is 12.5. The van der Waals surface area contributed by atoms with E-state index in [0.717, 1.165) is 58.5 Å². The summed E-state index contributed by atoms with van der Waals surface area (Å²) in [5, 5.41) is 14.2. The van der Waals surface area contributed by atoms with Crippen LogP contribution in [0.5, 0.6) is 0 Å². The van der Waals surface area contributed by atoms with Crippen molar-refractivity contribution < 1.29 is 14.6 Å². The highest BCUT2D eigenvalue weighted by Crippen LogP contribution is 2.62. The number of nitrogens with one attached hydrogen (secondary N) is 1. The molecule has 1 aliphatic heterocycles. The van der Waals surface area contributed by atoms with Crippen LogP contribution in [0.1, 0.15) is 58.3 Å². The van der Waals surface area contributed by atoms with Crippen molar-refractivity contribution in [1.29, 1.82) is 0 Å². The molecule has 3 atom stereocenters. The molecule has 0 spiro atoms. The molecule has 5 nitrogen and oxygen atoms in total. The summed E-state index contributed by atoms with van der Waals surface area (Å²) < 4.78 is 5.36. The Kier molecular flexibility index (Phi) is 4.84. The topological polar surface area (TPSA) is 61.8 Å². The molecule has 0 radical (unpaired) electrons. The number of carbonyl (C=O) groups excluding carboxylic acids is 1. The Hall–Kier alpha value is -0.650. The van der Waals surface area contributed by atoms with Crippen LogP contribution in [-0.2, 0) is 9.53 Å². The van der Waals surface area contributed by atoms with Crippen LogP contribution in [0, 0.1) is 17.3 Å². The van der Waals surface area contributed by atoms with E-state index in [1.54, 1.807) is 0 Å². The lowest BCUT2D eigenvalue weighted by Gasteiger charge is -2.62. The molecule has 25 heavy (non-hydrogen) atoms. The summed E-state index contributed by atoms with van der Waals surface area (Å²) in [6.45, 7) is 6.77. The van der Waals surface area contributed by atoms with E-state index in [-0.39, 0.29) is 17.4 Å². The smallest absolute Gasteiger partial charge is 0.220 e. The average Bonchev–Trinajstić information content (AvgIpc) is 2.53. The first kappa shape index (κ1) is 17.7. The van der Waals surface area contributed by atoms with Crippen molar-refractivity contribution in [1.82, 2.24) is 10.2 Å². The van der Waals surface area contributed by atoms with Crippen LogP contribution in [-0.4, -0.2) is 60.4 Å². The highest BCUT2D eigenvalue weighted by atomic mass is 16.5. The van der Waals surface area contributed by atoms with Gasteiger partial charge in [0.05, 0.1) is 18.8 Å². The highest BCUT2D eigenvalue weighted by Gasteiger charge is 2.58. The Morgan fingerprint density at radius 1 is 1.24 bits per heavy atom. The van der Waals surface area contributed by atoms with Crippen LogP contribution < -0.4 is 5.32 Å². The van der Waals surface area contributed by atoms with Gasteiger partial charge in [-0.25, -0.2) is 0 Å². The molecule has 1 heterocycles. The van der Waals surface area contributed by atoms with Gasteiger partial charge in [-0.05, 0) is 75.7 Å². The summed E-state index contributed by atoms with van der Waals surface area (Å²) in [5.41, 5.74) is -0.307. The van der Waals surface area contributed by atoms with Crippen molar-refractivity contribution in [3.8, 4) is 0 Å². The van der Waals surface area contributed by atoms with Crippen molar-refractivity contribution in [3.05, 3.63) is 0 Å². The average molecular weight is 351 g/mol. The number of ether oxygens (including phenoxy) is 1. The summed E-state index contributed by atoms with van der Waals surface area (Å²) in [7, 11) is 0. The Morgan fingerprint density at radius 3 is 2.56 bits per heavy atom. The molecule has 2 N–H and O–H groups in total. The van der Waals surface area contributed by atoms with Crippen molar-refractivity contribution in [2.45, 2.75) is 69.9 Å². The Bertz CT molecular complexity index is 489. The number of rotatable bonds is 6. The fourth-order valence-corrected chi connectivity index (χ4v) is 6.55. The summed E-state index contributed by atoms with van der Waals surface area (Å²) in [5.74, 6) is 1.53. The van der Waals surface area contributed by atoms with Crippen LogP contribution in [0.15, 0.2) is 0 Å². The van der Waals surface area contributed by atoms with Crippen molar-refractivity contribution >= 4 is 5.91 Å². The van der Waals surface area contributed by atoms with E-state index in [1.807, 2.05) is 0 Å². The Balaban J connectivity index is 1.26. The molecule has 5 fully saturated rings. The molecule has 1 saturated heterocycles. The van der Waals surface area contributed by atoms with E-state index >= 15 is 0 Å². The SMILES string of the molecule is C[C@@H](NC(=O)CCCN1CCOCC1)C12C[C@H]3C[C@@H](CC(O)(C3)C1)C2. The number of aliphatic hydroxyl groups is 1. The van der Waals surface area contributed by atoms with E-state index < -0.39 is 5.60 Å². The van der Waals surface area contributed by atoms with Gasteiger partial charge in [-0.2, -0.15) is 0 Å². The Labute approximate surface area is 151 Å². The molecule has 0 aromatic heterocycles. The second-order valence-corrected chi connectivity index (χ2v) is 9.39. The predicted molar refractivity (Wildman–Crippen MR) is 96.2 cm³/mol. The van der Waals surface area contributed by atoms with Crippen molar-refractivity contribution in [2.75, 3.05) is 32.8 Å². The molecule has 4 bridgehead atoms. The van der Waals surface area contributed by atoms with Gasteiger partial charge in [0, 0.05) is 25.6 Å². The lowest BCUT2D eigenvalue weighted by atomic mass is 9.46. The van der Waals surface area contributed by atoms with E-state index in [9.17, 15) is 9.90 Å². The first-order chi connectivity index (χ1) is 12.0. The first-order valence-corrected chi connectivity index (χ1v) is 10.3. The predicted octanol–water partition coefficient (Wildman–Crippen LogP) is 1.93. The number of hydrogen-bond acceptors (Lipinski definition) is 4. The molecule has 4 saturated carbocycles. The minimum absolute atomic E-state index is 0.138. The number of nitrogens with zero attached hydrogens (tertiary/aromatic N) is 1. The zero-order valence-electron chi connectivity index (χ0n) is 15.6. The Morgan fingerprint density at radius 2 is 1.92 bits per heavy atom. The molecule has 142 valence electrons. The van der Waals surface area contributed by atoms with E-state index in [2.05, 4.69) is 17.1 Å². The van der Waals surface area contributed by atoms with Gasteiger partial charge in [-0.3, -0.25) is 9.69 Å². The summed E-state index contributed by atoms with van der Waals surface area (Å²) in [4.78, 5) is 14.8. The zero-order valence-corrected chi connectivity index (χ0v) is 15.6. The quantitative estimate of drug-likeness (QED) is 0.768. The summed E-state index contributed by atoms with van der Waals surface area (Å²) in [6, 6.07) is 0.181. The van der Waals surface area contributed by atoms with Crippen molar-refractivity contribution in [3.63, 3.8) is 0 Å². The minimum atomic E-state index is -0.445. The second kappa shape index (κ2) is 6.82. The molecule has 5 rings (SSSR count). The molecule has 0 aromatic carbocycles. The lowest BCUT2D eigenvalue weighted by molar-refractivity contribution is -0.173. The largest absolute Gasteiger partial charge is 0.390 e. The molecular formula is C20H34N2O3. The van der Waals surface area contributed by atoms with Crippen molar-refractivity contribution in [2.24, 2.45) is 17.3 Å². The van der Waals surface area contributed by atoms with Gasteiger partial charge in [-0.15, -0.1) is 0 Å². The van der Waals surface area contributed by atoms with Gasteiger partial charge >= 0.3 is 0 Å². The lowest BCUT2D eigenvalue weighted by Crippen LogP contribution is -2.61. The van der Waals surface area contributed by atoms with Gasteiger partial charge < -0.3 is 15.2 Å². The third-order valence-electron chi connectivity index (χ3n) is 7.35. The van der Waals surface area contributed by atoms with E-state index in [0.29, 0.717) is 18.3 Å². The fourth-order valence-electron chi connectivity index (χ4n) is 6.55. The van der Waals surface area contributed by atoms with Gasteiger partial charge in [0.1, 0.15) is 0 Å². The molecule has 5 aliphatic rings. The van der Waals surface area contributed by atoms with Crippen LogP contribution in [0.25, 0.3) is 0 Å². The second-order valence-electron chi connectivity index (χ2n) is 9.39. The first-order valence-electron chi connectivity index (χ1n) is 10.3. The number of hydrogen-bond donors (Lipinski definition) is 2. The fraction of sp³-hybridized carbons (Fsp3) is 0.950. The molecule has 4 aliphatic carbocycles. The molecule has 5 heteroatoms. The highest BCUT2D eigenvalue weighted by molar-refractivity contribution is 5.76. The summed E-state index contributed by atoms with van der Waals surface area (Å²) in [6.07, 6.45) is 8.08. The maximum Gasteiger partial charge on any atom is 0.220 e. The zero-order chi connectivity index (χ0) is 17.5. The third-order valence-corrected chi connectivity index (χ3v) is 7.35. The van der Waals surface area contributed by atoms with Crippen LogP contribution in [0.3, 0.4) is 0 Å². The summed E-state index contributed by atoms with van der Waals surface area (Å²) >= 11 is 0. The minimum Gasteiger partial charge on any atom is -0.390 e. The van der Waals surface area contributed by atoms with Gasteiger partial charge in [0.2, 0.25) is 5.91 Å². The number of amides is 1. The van der Waals surface area contributed by atoms with Crippen LogP contribution in [0.2, 0.25) is 0 Å². The van der Waals surface area contributed by atoms with Crippen LogP contribution in [0.4, 0.5) is 0 Å². The van der Waals surface area contributed by atoms with Gasteiger partial charge in [-0.1, -0.05) is 0 Å². The number of morpholine rings is 1. The standard InChI is InChI=1S/C20H34N2O3/c1-15(21-18(23)3-2-4-22-5-7-25-8-6-22)19-10-16-9-17(11-19)13-20(24,12-16)14-19/h15-17,24H,2-14H2,1H3,(H,21,23)/t15-,16-,17-,19?,20?/m1/s1. The molecule has 0 unspecified atom stereocenters. The normalized spacial score (nSPS) is 41.7. The maximum atomic E-state index is 12.5.